The first-order valence-electron chi connectivity index (χ1n) is 8.44. The topological polar surface area (TPSA) is 6.48 Å². The Hall–Kier alpha value is -2.74. The van der Waals surface area contributed by atoms with Crippen molar-refractivity contribution < 1.29 is 0 Å². The third-order valence-corrected chi connectivity index (χ3v) is 5.03. The predicted octanol–water partition coefficient (Wildman–Crippen LogP) is 5.60. The Balaban J connectivity index is 1.92. The third kappa shape index (κ3) is 2.18. The van der Waals surface area contributed by atoms with Gasteiger partial charge in [-0.3, -0.25) is 0 Å². The maximum Gasteiger partial charge on any atom is 0.103 e. The van der Waals surface area contributed by atoms with Gasteiger partial charge < -0.3 is 9.80 Å². The summed E-state index contributed by atoms with van der Waals surface area (Å²) in [5.41, 5.74) is 7.74. The molecule has 1 heterocycles. The molecule has 2 nitrogen and oxygen atoms in total. The molecule has 0 aromatic heterocycles. The van der Waals surface area contributed by atoms with Gasteiger partial charge in [0.1, 0.15) is 6.17 Å². The largest absolute Gasteiger partial charge is 0.352 e. The smallest absolute Gasteiger partial charge is 0.103 e. The summed E-state index contributed by atoms with van der Waals surface area (Å²) in [5, 5.41) is 0. The zero-order chi connectivity index (χ0) is 16.7. The van der Waals surface area contributed by atoms with Crippen molar-refractivity contribution in [3.63, 3.8) is 0 Å². The number of aryl methyl sites for hydroxylation is 1. The molecule has 0 N–H and O–H groups in total. The molecule has 4 rings (SSSR count). The van der Waals surface area contributed by atoms with Gasteiger partial charge in [0.15, 0.2) is 0 Å². The summed E-state index contributed by atoms with van der Waals surface area (Å²) in [6, 6.07) is 25.9. The molecule has 0 spiro atoms. The molecule has 0 amide bonds. The maximum atomic E-state index is 2.41. The predicted molar refractivity (Wildman–Crippen MR) is 103 cm³/mol. The summed E-state index contributed by atoms with van der Waals surface area (Å²) >= 11 is 0. The van der Waals surface area contributed by atoms with Gasteiger partial charge in [-0.05, 0) is 43.2 Å². The quantitative estimate of drug-likeness (QED) is 0.608. The molecule has 3 aromatic rings. The fourth-order valence-corrected chi connectivity index (χ4v) is 3.69. The van der Waals surface area contributed by atoms with Crippen molar-refractivity contribution in [2.45, 2.75) is 20.0 Å². The summed E-state index contributed by atoms with van der Waals surface area (Å²) in [6.45, 7) is 4.44. The summed E-state index contributed by atoms with van der Waals surface area (Å²) in [7, 11) is 2.19. The lowest BCUT2D eigenvalue weighted by molar-refractivity contribution is 0.734. The van der Waals surface area contributed by atoms with E-state index >= 15 is 0 Å². The molecule has 0 radical (unpaired) electrons. The number of fused-ring (bicyclic) bond motifs is 1. The molecule has 3 aromatic carbocycles. The first-order valence-corrected chi connectivity index (χ1v) is 8.44. The molecule has 1 aliphatic rings. The van der Waals surface area contributed by atoms with E-state index in [1.165, 1.54) is 33.8 Å². The zero-order valence-corrected chi connectivity index (χ0v) is 14.4. The lowest BCUT2D eigenvalue weighted by Gasteiger charge is -2.27. The molecule has 0 fully saturated rings. The number of anilines is 3. The van der Waals surface area contributed by atoms with Crippen LogP contribution in [0.5, 0.6) is 0 Å². The van der Waals surface area contributed by atoms with Gasteiger partial charge in [0.05, 0.1) is 11.4 Å². The van der Waals surface area contributed by atoms with Crippen LogP contribution in [-0.4, -0.2) is 13.2 Å². The third-order valence-electron chi connectivity index (χ3n) is 5.03. The van der Waals surface area contributed by atoms with Gasteiger partial charge in [-0.25, -0.2) is 0 Å². The van der Waals surface area contributed by atoms with Crippen molar-refractivity contribution >= 4 is 17.1 Å². The van der Waals surface area contributed by atoms with Gasteiger partial charge in [0.2, 0.25) is 0 Å². The van der Waals surface area contributed by atoms with Gasteiger partial charge in [-0.2, -0.15) is 0 Å². The molecule has 120 valence electrons. The Kier molecular flexibility index (Phi) is 3.53. The van der Waals surface area contributed by atoms with Crippen LogP contribution in [0, 0.1) is 6.92 Å². The second-order valence-electron chi connectivity index (χ2n) is 6.44. The number of benzene rings is 3. The van der Waals surface area contributed by atoms with Crippen LogP contribution < -0.4 is 9.80 Å². The minimum Gasteiger partial charge on any atom is -0.352 e. The highest BCUT2D eigenvalue weighted by molar-refractivity contribution is 5.94. The Bertz CT molecular complexity index is 870. The van der Waals surface area contributed by atoms with Crippen LogP contribution in [-0.2, 0) is 0 Å². The van der Waals surface area contributed by atoms with Gasteiger partial charge in [0.25, 0.3) is 0 Å². The van der Waals surface area contributed by atoms with Crippen LogP contribution in [0.15, 0.2) is 72.8 Å². The van der Waals surface area contributed by atoms with E-state index in [1.807, 2.05) is 0 Å². The molecule has 0 bridgehead atoms. The van der Waals surface area contributed by atoms with E-state index in [-0.39, 0.29) is 6.17 Å². The first kappa shape index (κ1) is 14.8. The Morgan fingerprint density at radius 3 is 2.17 bits per heavy atom. The minimum atomic E-state index is 0.285. The summed E-state index contributed by atoms with van der Waals surface area (Å²) in [6.07, 6.45) is 0.285. The van der Waals surface area contributed by atoms with E-state index in [1.54, 1.807) is 0 Å². The van der Waals surface area contributed by atoms with Crippen LogP contribution in [0.25, 0.3) is 11.1 Å². The van der Waals surface area contributed by atoms with Crippen molar-refractivity contribution in [2.24, 2.45) is 0 Å². The molecule has 0 aliphatic carbocycles. The van der Waals surface area contributed by atoms with Gasteiger partial charge >= 0.3 is 0 Å². The normalized spacial score (nSPS) is 16.4. The minimum absolute atomic E-state index is 0.285. The van der Waals surface area contributed by atoms with Crippen molar-refractivity contribution in [2.75, 3.05) is 16.8 Å². The number of hydrogen-bond acceptors (Lipinski definition) is 2. The molecule has 0 saturated carbocycles. The summed E-state index contributed by atoms with van der Waals surface area (Å²) in [4.78, 5) is 4.79. The standard InChI is InChI=1S/C22H22N2/c1-16-10-7-8-13-19(16)20-14-9-15-21-22(20)23(3)17(2)24(21)18-11-5-4-6-12-18/h4-15,17H,1-3H3. The molecule has 0 saturated heterocycles. The van der Waals surface area contributed by atoms with E-state index in [0.29, 0.717) is 0 Å². The average molecular weight is 314 g/mol. The fraction of sp³-hybridized carbons (Fsp3) is 0.182. The van der Waals surface area contributed by atoms with E-state index < -0.39 is 0 Å². The van der Waals surface area contributed by atoms with Crippen LogP contribution in [0.4, 0.5) is 17.1 Å². The average Bonchev–Trinajstić information content (AvgIpc) is 2.87. The second kappa shape index (κ2) is 5.72. The Labute approximate surface area is 144 Å². The number of nitrogens with zero attached hydrogens (tertiary/aromatic N) is 2. The Morgan fingerprint density at radius 1 is 0.750 bits per heavy atom. The van der Waals surface area contributed by atoms with Crippen molar-refractivity contribution in [1.82, 2.24) is 0 Å². The zero-order valence-electron chi connectivity index (χ0n) is 14.4. The number of rotatable bonds is 2. The monoisotopic (exact) mass is 314 g/mol. The molecule has 1 unspecified atom stereocenters. The lowest BCUT2D eigenvalue weighted by atomic mass is 9.98. The molecule has 24 heavy (non-hydrogen) atoms. The first-order chi connectivity index (χ1) is 11.7. The van der Waals surface area contributed by atoms with Gasteiger partial charge in [-0.15, -0.1) is 0 Å². The summed E-state index contributed by atoms with van der Waals surface area (Å²) in [5.74, 6) is 0. The number of hydrogen-bond donors (Lipinski definition) is 0. The molecular formula is C22H22N2. The maximum absolute atomic E-state index is 2.41. The van der Waals surface area contributed by atoms with Crippen LogP contribution >= 0.6 is 0 Å². The van der Waals surface area contributed by atoms with Crippen molar-refractivity contribution in [1.29, 1.82) is 0 Å². The van der Waals surface area contributed by atoms with Gasteiger partial charge in [-0.1, -0.05) is 54.6 Å². The van der Waals surface area contributed by atoms with E-state index in [9.17, 15) is 0 Å². The fourth-order valence-electron chi connectivity index (χ4n) is 3.69. The molecule has 1 atom stereocenters. The molecule has 1 aliphatic heterocycles. The highest BCUT2D eigenvalue weighted by Gasteiger charge is 2.33. The van der Waals surface area contributed by atoms with Crippen LogP contribution in [0.1, 0.15) is 12.5 Å². The summed E-state index contributed by atoms with van der Waals surface area (Å²) < 4.78 is 0. The Morgan fingerprint density at radius 2 is 1.42 bits per heavy atom. The second-order valence-corrected chi connectivity index (χ2v) is 6.44. The highest BCUT2D eigenvalue weighted by Crippen LogP contribution is 2.48. The van der Waals surface area contributed by atoms with Crippen molar-refractivity contribution in [3.8, 4) is 11.1 Å². The molecule has 2 heteroatoms. The van der Waals surface area contributed by atoms with Crippen LogP contribution in [0.2, 0.25) is 0 Å². The van der Waals surface area contributed by atoms with Crippen LogP contribution in [0.3, 0.4) is 0 Å². The SMILES string of the molecule is Cc1ccccc1-c1cccc2c1N(C)C(C)N2c1ccccc1. The lowest BCUT2D eigenvalue weighted by Crippen LogP contribution is -2.35. The van der Waals surface area contributed by atoms with Crippen molar-refractivity contribution in [3.05, 3.63) is 78.4 Å². The highest BCUT2D eigenvalue weighted by atomic mass is 15.4. The molecular weight excluding hydrogens is 292 g/mol. The number of para-hydroxylation sites is 2. The van der Waals surface area contributed by atoms with Gasteiger partial charge in [0, 0.05) is 18.3 Å². The van der Waals surface area contributed by atoms with E-state index in [2.05, 4.69) is 103 Å². The van der Waals surface area contributed by atoms with E-state index in [4.69, 9.17) is 0 Å². The van der Waals surface area contributed by atoms with E-state index in [0.717, 1.165) is 0 Å².